The Morgan fingerprint density at radius 3 is 2.45 bits per heavy atom. The molecule has 0 aromatic carbocycles. The highest BCUT2D eigenvalue weighted by Gasteiger charge is 2.13. The third-order valence-corrected chi connectivity index (χ3v) is 3.16. The van der Waals surface area contributed by atoms with Crippen LogP contribution in [0.15, 0.2) is 21.9 Å². The van der Waals surface area contributed by atoms with Gasteiger partial charge in [-0.1, -0.05) is 0 Å². The smallest absolute Gasteiger partial charge is 0.294 e. The summed E-state index contributed by atoms with van der Waals surface area (Å²) in [7, 11) is 3.14. The molecule has 0 aliphatic heterocycles. The van der Waals surface area contributed by atoms with Gasteiger partial charge in [0.25, 0.3) is 5.56 Å². The second kappa shape index (κ2) is 4.92. The van der Waals surface area contributed by atoms with Crippen LogP contribution in [0.3, 0.4) is 0 Å². The molecule has 0 radical (unpaired) electrons. The highest BCUT2D eigenvalue weighted by Crippen LogP contribution is 2.03. The second-order valence-corrected chi connectivity index (χ2v) is 4.77. The Hall–Kier alpha value is -2.44. The molecule has 0 saturated carbocycles. The first-order valence-electron chi connectivity index (χ1n) is 6.12. The van der Waals surface area contributed by atoms with E-state index in [2.05, 4.69) is 5.10 Å². The largest absolute Gasteiger partial charge is 0.331 e. The molecule has 106 valence electrons. The fourth-order valence-corrected chi connectivity index (χ4v) is 2.07. The fraction of sp³-hybridized carbons (Fsp3) is 0.385. The Balaban J connectivity index is 2.58. The van der Waals surface area contributed by atoms with Crippen LogP contribution in [0.5, 0.6) is 0 Å². The van der Waals surface area contributed by atoms with Crippen LogP contribution in [0.1, 0.15) is 28.7 Å². The summed E-state index contributed by atoms with van der Waals surface area (Å²) in [6.45, 7) is 3.42. The average molecular weight is 276 g/mol. The van der Waals surface area contributed by atoms with Crippen LogP contribution in [-0.4, -0.2) is 24.7 Å². The van der Waals surface area contributed by atoms with Gasteiger partial charge in [0, 0.05) is 20.3 Å². The number of ketones is 1. The van der Waals surface area contributed by atoms with Gasteiger partial charge in [0.15, 0.2) is 5.78 Å². The van der Waals surface area contributed by atoms with Gasteiger partial charge in [0.1, 0.15) is 0 Å². The molecule has 0 fully saturated rings. The third kappa shape index (κ3) is 2.34. The minimum absolute atomic E-state index is 0.00555. The lowest BCUT2D eigenvalue weighted by atomic mass is 10.2. The Morgan fingerprint density at radius 1 is 1.30 bits per heavy atom. The molecule has 20 heavy (non-hydrogen) atoms. The minimum Gasteiger partial charge on any atom is -0.294 e. The number of aromatic nitrogens is 4. The van der Waals surface area contributed by atoms with Crippen LogP contribution in [0.4, 0.5) is 0 Å². The van der Waals surface area contributed by atoms with Crippen LogP contribution in [0, 0.1) is 6.92 Å². The first kappa shape index (κ1) is 14.0. The standard InChI is InChI=1S/C13H16N4O3/c1-8-5-10(16(4)14-8)6-17-7-11(9(2)18)12(19)15(3)13(17)20/h5,7H,6H2,1-4H3. The predicted octanol–water partition coefficient (Wildman–Crippen LogP) is -0.160. The van der Waals surface area contributed by atoms with Crippen molar-refractivity contribution in [1.82, 2.24) is 18.9 Å². The van der Waals surface area contributed by atoms with Gasteiger partial charge in [-0.3, -0.25) is 23.4 Å². The van der Waals surface area contributed by atoms with Crippen molar-refractivity contribution < 1.29 is 4.79 Å². The van der Waals surface area contributed by atoms with Crippen LogP contribution >= 0.6 is 0 Å². The Kier molecular flexibility index (Phi) is 3.44. The van der Waals surface area contributed by atoms with Gasteiger partial charge < -0.3 is 0 Å². The van der Waals surface area contributed by atoms with Crippen molar-refractivity contribution in [2.45, 2.75) is 20.4 Å². The molecule has 0 spiro atoms. The van der Waals surface area contributed by atoms with Crippen molar-refractivity contribution in [2.75, 3.05) is 0 Å². The normalized spacial score (nSPS) is 10.8. The zero-order chi connectivity index (χ0) is 15.0. The average Bonchev–Trinajstić information content (AvgIpc) is 2.68. The molecule has 0 amide bonds. The first-order chi connectivity index (χ1) is 9.31. The first-order valence-corrected chi connectivity index (χ1v) is 6.12. The van der Waals surface area contributed by atoms with Gasteiger partial charge >= 0.3 is 5.69 Å². The van der Waals surface area contributed by atoms with E-state index in [9.17, 15) is 14.4 Å². The van der Waals surface area contributed by atoms with Gasteiger partial charge in [-0.05, 0) is 19.9 Å². The molecule has 0 N–H and O–H groups in total. The highest BCUT2D eigenvalue weighted by atomic mass is 16.2. The maximum absolute atomic E-state index is 12.1. The molecule has 0 bridgehead atoms. The molecule has 0 aliphatic rings. The molecule has 2 aromatic rings. The van der Waals surface area contributed by atoms with E-state index in [1.807, 2.05) is 13.0 Å². The molecule has 2 rings (SSSR count). The number of carbonyl (C=O) groups is 1. The number of nitrogens with zero attached hydrogens (tertiary/aromatic N) is 4. The van der Waals surface area contributed by atoms with E-state index in [4.69, 9.17) is 0 Å². The summed E-state index contributed by atoms with van der Waals surface area (Å²) in [4.78, 5) is 35.3. The van der Waals surface area contributed by atoms with Crippen LogP contribution < -0.4 is 11.2 Å². The van der Waals surface area contributed by atoms with Crippen LogP contribution in [0.25, 0.3) is 0 Å². The molecule has 2 aromatic heterocycles. The number of hydrogen-bond acceptors (Lipinski definition) is 4. The van der Waals surface area contributed by atoms with Crippen molar-refractivity contribution in [3.8, 4) is 0 Å². The minimum atomic E-state index is -0.570. The molecular weight excluding hydrogens is 260 g/mol. The molecule has 2 heterocycles. The molecule has 0 aliphatic carbocycles. The van der Waals surface area contributed by atoms with E-state index in [0.717, 1.165) is 16.0 Å². The van der Waals surface area contributed by atoms with Gasteiger partial charge in [-0.2, -0.15) is 5.10 Å². The summed E-state index contributed by atoms with van der Waals surface area (Å²) in [5, 5.41) is 4.20. The number of carbonyl (C=O) groups excluding carboxylic acids is 1. The van der Waals surface area contributed by atoms with Crippen molar-refractivity contribution in [1.29, 1.82) is 0 Å². The number of Topliss-reactive ketones (excluding diaryl/α,β-unsaturated/α-hetero) is 1. The van der Waals surface area contributed by atoms with Crippen molar-refractivity contribution >= 4 is 5.78 Å². The SMILES string of the molecule is CC(=O)c1cn(Cc2cc(C)nn2C)c(=O)n(C)c1=O. The fourth-order valence-electron chi connectivity index (χ4n) is 2.07. The maximum Gasteiger partial charge on any atom is 0.331 e. The number of rotatable bonds is 3. The molecular formula is C13H16N4O3. The van der Waals surface area contributed by atoms with E-state index < -0.39 is 11.2 Å². The predicted molar refractivity (Wildman–Crippen MR) is 73.0 cm³/mol. The summed E-state index contributed by atoms with van der Waals surface area (Å²) < 4.78 is 3.95. The van der Waals surface area contributed by atoms with Crippen LogP contribution in [-0.2, 0) is 20.6 Å². The highest BCUT2D eigenvalue weighted by molar-refractivity contribution is 5.93. The van der Waals surface area contributed by atoms with E-state index in [-0.39, 0.29) is 17.9 Å². The zero-order valence-corrected chi connectivity index (χ0v) is 11.9. The monoisotopic (exact) mass is 276 g/mol. The second-order valence-electron chi connectivity index (χ2n) is 4.77. The lowest BCUT2D eigenvalue weighted by Gasteiger charge is -2.09. The molecule has 0 atom stereocenters. The van der Waals surface area contributed by atoms with E-state index in [1.165, 1.54) is 24.7 Å². The number of aryl methyl sites for hydroxylation is 2. The van der Waals surface area contributed by atoms with Crippen molar-refractivity contribution in [2.24, 2.45) is 14.1 Å². The van der Waals surface area contributed by atoms with Crippen molar-refractivity contribution in [3.63, 3.8) is 0 Å². The van der Waals surface area contributed by atoms with E-state index in [0.29, 0.717) is 0 Å². The molecule has 0 unspecified atom stereocenters. The molecule has 7 heteroatoms. The van der Waals surface area contributed by atoms with Gasteiger partial charge in [0.05, 0.1) is 23.5 Å². The third-order valence-electron chi connectivity index (χ3n) is 3.16. The summed E-state index contributed by atoms with van der Waals surface area (Å²) in [6, 6.07) is 1.85. The maximum atomic E-state index is 12.1. The molecule has 0 saturated heterocycles. The summed E-state index contributed by atoms with van der Waals surface area (Å²) in [5.74, 6) is -0.361. The Morgan fingerprint density at radius 2 is 1.95 bits per heavy atom. The Bertz CT molecular complexity index is 795. The van der Waals surface area contributed by atoms with E-state index >= 15 is 0 Å². The quantitative estimate of drug-likeness (QED) is 0.730. The summed E-state index contributed by atoms with van der Waals surface area (Å²) in [6.07, 6.45) is 1.31. The van der Waals surface area contributed by atoms with Crippen LogP contribution in [0.2, 0.25) is 0 Å². The number of hydrogen-bond donors (Lipinski definition) is 0. The lowest BCUT2D eigenvalue weighted by Crippen LogP contribution is -2.40. The van der Waals surface area contributed by atoms with Gasteiger partial charge in [0.2, 0.25) is 0 Å². The van der Waals surface area contributed by atoms with Crippen molar-refractivity contribution in [3.05, 3.63) is 50.1 Å². The lowest BCUT2D eigenvalue weighted by molar-refractivity contribution is 0.101. The summed E-state index contributed by atoms with van der Waals surface area (Å²) >= 11 is 0. The molecule has 7 nitrogen and oxygen atoms in total. The van der Waals surface area contributed by atoms with Gasteiger partial charge in [-0.15, -0.1) is 0 Å². The zero-order valence-electron chi connectivity index (χ0n) is 11.9. The Labute approximate surface area is 115 Å². The summed E-state index contributed by atoms with van der Waals surface area (Å²) in [5.41, 5.74) is 0.634. The topological polar surface area (TPSA) is 78.9 Å². The van der Waals surface area contributed by atoms with E-state index in [1.54, 1.807) is 11.7 Å². The van der Waals surface area contributed by atoms with Gasteiger partial charge in [-0.25, -0.2) is 4.79 Å².